The van der Waals surface area contributed by atoms with Gasteiger partial charge in [-0.15, -0.1) is 0 Å². The van der Waals surface area contributed by atoms with Gasteiger partial charge < -0.3 is 5.73 Å². The van der Waals surface area contributed by atoms with Gasteiger partial charge in [-0.1, -0.05) is 20.3 Å². The van der Waals surface area contributed by atoms with Crippen LogP contribution in [0.4, 0.5) is 5.95 Å². The molecule has 72 valence electrons. The lowest BCUT2D eigenvalue weighted by molar-refractivity contribution is 0.541. The van der Waals surface area contributed by atoms with Gasteiger partial charge in [0.2, 0.25) is 5.95 Å². The molecule has 0 saturated carbocycles. The van der Waals surface area contributed by atoms with Crippen LogP contribution in [0.25, 0.3) is 0 Å². The number of nitrogen functional groups attached to an aromatic ring is 1. The molecule has 5 nitrogen and oxygen atoms in total. The maximum absolute atomic E-state index is 10.9. The van der Waals surface area contributed by atoms with E-state index < -0.39 is 5.69 Å². The Bertz CT molecular complexity index is 333. The predicted molar refractivity (Wildman–Crippen MR) is 50.2 cm³/mol. The average Bonchev–Trinajstić information content (AvgIpc) is 2.02. The van der Waals surface area contributed by atoms with Crippen LogP contribution in [0.5, 0.6) is 0 Å². The smallest absolute Gasteiger partial charge is 0.349 e. The van der Waals surface area contributed by atoms with E-state index in [4.69, 9.17) is 5.73 Å². The van der Waals surface area contributed by atoms with E-state index in [9.17, 15) is 4.79 Å². The standard InChI is InChI=1S/C8H14N4O/c1-3-5(2)4-6-10-7(9)12-8(13)11-6/h5H,3-4H2,1-2H3,(H3,9,10,11,12,13). The van der Waals surface area contributed by atoms with Crippen molar-refractivity contribution in [1.82, 2.24) is 15.0 Å². The van der Waals surface area contributed by atoms with Crippen LogP contribution >= 0.6 is 0 Å². The fourth-order valence-electron chi connectivity index (χ4n) is 1.02. The minimum Gasteiger partial charge on any atom is -0.368 e. The summed E-state index contributed by atoms with van der Waals surface area (Å²) in [6.07, 6.45) is 1.78. The lowest BCUT2D eigenvalue weighted by Gasteiger charge is -2.06. The number of hydrogen-bond acceptors (Lipinski definition) is 4. The summed E-state index contributed by atoms with van der Waals surface area (Å²) in [4.78, 5) is 20.8. The lowest BCUT2D eigenvalue weighted by atomic mass is 10.1. The van der Waals surface area contributed by atoms with Crippen LogP contribution in [0, 0.1) is 5.92 Å². The molecule has 0 saturated heterocycles. The van der Waals surface area contributed by atoms with Gasteiger partial charge in [0, 0.05) is 6.42 Å². The van der Waals surface area contributed by atoms with Gasteiger partial charge in [0.05, 0.1) is 0 Å². The number of nitrogens with zero attached hydrogens (tertiary/aromatic N) is 2. The zero-order chi connectivity index (χ0) is 9.84. The Kier molecular flexibility index (Phi) is 3.00. The minimum atomic E-state index is -0.425. The Labute approximate surface area is 76.4 Å². The molecule has 1 unspecified atom stereocenters. The molecule has 0 radical (unpaired) electrons. The molecule has 0 aliphatic rings. The molecule has 0 aliphatic carbocycles. The number of hydrogen-bond donors (Lipinski definition) is 2. The van der Waals surface area contributed by atoms with E-state index >= 15 is 0 Å². The Morgan fingerprint density at radius 1 is 1.54 bits per heavy atom. The first-order chi connectivity index (χ1) is 6.11. The van der Waals surface area contributed by atoms with Gasteiger partial charge in [-0.3, -0.25) is 4.98 Å². The van der Waals surface area contributed by atoms with E-state index in [1.54, 1.807) is 0 Å². The highest BCUT2D eigenvalue weighted by Crippen LogP contribution is 2.06. The van der Waals surface area contributed by atoms with Crippen molar-refractivity contribution in [2.45, 2.75) is 26.7 Å². The highest BCUT2D eigenvalue weighted by molar-refractivity contribution is 5.12. The van der Waals surface area contributed by atoms with Gasteiger partial charge in [-0.05, 0) is 5.92 Å². The summed E-state index contributed by atoms with van der Waals surface area (Å²) in [6.45, 7) is 4.18. The zero-order valence-corrected chi connectivity index (χ0v) is 7.87. The average molecular weight is 182 g/mol. The predicted octanol–water partition coefficient (Wildman–Crippen LogP) is 0.336. The molecule has 13 heavy (non-hydrogen) atoms. The van der Waals surface area contributed by atoms with Crippen LogP contribution in [0.1, 0.15) is 26.1 Å². The van der Waals surface area contributed by atoms with Crippen LogP contribution in [0.3, 0.4) is 0 Å². The monoisotopic (exact) mass is 182 g/mol. The molecule has 1 rings (SSSR count). The highest BCUT2D eigenvalue weighted by atomic mass is 16.1. The van der Waals surface area contributed by atoms with Gasteiger partial charge in [-0.25, -0.2) is 4.79 Å². The summed E-state index contributed by atoms with van der Waals surface area (Å²) in [6, 6.07) is 0. The third kappa shape index (κ3) is 2.85. The van der Waals surface area contributed by atoms with Crippen molar-refractivity contribution in [3.63, 3.8) is 0 Å². The number of nitrogens with one attached hydrogen (secondary N) is 1. The van der Waals surface area contributed by atoms with Gasteiger partial charge in [0.25, 0.3) is 0 Å². The molecule has 1 aromatic heterocycles. The van der Waals surface area contributed by atoms with E-state index in [-0.39, 0.29) is 5.95 Å². The SMILES string of the molecule is CCC(C)Cc1nc(N)nc(=O)[nH]1. The Balaban J connectivity index is 2.83. The minimum absolute atomic E-state index is 0.0436. The largest absolute Gasteiger partial charge is 0.368 e. The number of anilines is 1. The summed E-state index contributed by atoms with van der Waals surface area (Å²) in [5.74, 6) is 1.15. The van der Waals surface area contributed by atoms with Crippen molar-refractivity contribution < 1.29 is 0 Å². The van der Waals surface area contributed by atoms with Gasteiger partial charge in [0.1, 0.15) is 5.82 Å². The third-order valence-electron chi connectivity index (χ3n) is 1.96. The molecule has 5 heteroatoms. The number of nitrogens with two attached hydrogens (primary N) is 1. The summed E-state index contributed by atoms with van der Waals surface area (Å²) >= 11 is 0. The van der Waals surface area contributed by atoms with Crippen molar-refractivity contribution in [3.05, 3.63) is 16.3 Å². The molecule has 0 fully saturated rings. The van der Waals surface area contributed by atoms with E-state index in [2.05, 4.69) is 28.8 Å². The lowest BCUT2D eigenvalue weighted by Crippen LogP contribution is -2.18. The normalized spacial score (nSPS) is 12.8. The number of rotatable bonds is 3. The molecule has 3 N–H and O–H groups in total. The molecule has 1 heterocycles. The summed E-state index contributed by atoms with van der Waals surface area (Å²) < 4.78 is 0. The van der Waals surface area contributed by atoms with E-state index in [1.165, 1.54) is 0 Å². The van der Waals surface area contributed by atoms with Gasteiger partial charge in [0.15, 0.2) is 0 Å². The maximum atomic E-state index is 10.9. The summed E-state index contributed by atoms with van der Waals surface area (Å²) in [7, 11) is 0. The van der Waals surface area contributed by atoms with Crippen LogP contribution < -0.4 is 11.4 Å². The Hall–Kier alpha value is -1.39. The molecule has 0 amide bonds. The molecule has 1 atom stereocenters. The van der Waals surface area contributed by atoms with Crippen LogP contribution in [0.15, 0.2) is 4.79 Å². The second-order valence-corrected chi connectivity index (χ2v) is 3.18. The molecule has 0 aliphatic heterocycles. The van der Waals surface area contributed by atoms with Crippen LogP contribution in [-0.2, 0) is 6.42 Å². The van der Waals surface area contributed by atoms with Gasteiger partial charge >= 0.3 is 5.69 Å². The van der Waals surface area contributed by atoms with E-state index in [0.29, 0.717) is 11.7 Å². The fourth-order valence-corrected chi connectivity index (χ4v) is 1.02. The van der Waals surface area contributed by atoms with E-state index in [1.807, 2.05) is 0 Å². The van der Waals surface area contributed by atoms with Crippen molar-refractivity contribution in [1.29, 1.82) is 0 Å². The number of aromatic amines is 1. The molecule has 0 aromatic carbocycles. The molecular weight excluding hydrogens is 168 g/mol. The molecule has 0 spiro atoms. The second-order valence-electron chi connectivity index (χ2n) is 3.18. The quantitative estimate of drug-likeness (QED) is 0.705. The first-order valence-electron chi connectivity index (χ1n) is 4.34. The van der Waals surface area contributed by atoms with Crippen LogP contribution in [0.2, 0.25) is 0 Å². The number of H-pyrrole nitrogens is 1. The summed E-state index contributed by atoms with van der Waals surface area (Å²) in [5, 5.41) is 0. The Morgan fingerprint density at radius 3 is 2.77 bits per heavy atom. The van der Waals surface area contributed by atoms with Gasteiger partial charge in [-0.2, -0.15) is 9.97 Å². The molecular formula is C8H14N4O. The second kappa shape index (κ2) is 4.02. The summed E-state index contributed by atoms with van der Waals surface area (Å²) in [5.41, 5.74) is 4.91. The van der Waals surface area contributed by atoms with Crippen molar-refractivity contribution in [2.24, 2.45) is 5.92 Å². The van der Waals surface area contributed by atoms with E-state index in [0.717, 1.165) is 12.8 Å². The molecule has 0 bridgehead atoms. The van der Waals surface area contributed by atoms with Crippen LogP contribution in [-0.4, -0.2) is 15.0 Å². The van der Waals surface area contributed by atoms with Crippen molar-refractivity contribution in [2.75, 3.05) is 5.73 Å². The highest BCUT2D eigenvalue weighted by Gasteiger charge is 2.04. The Morgan fingerprint density at radius 2 is 2.23 bits per heavy atom. The number of aromatic nitrogens is 3. The third-order valence-corrected chi connectivity index (χ3v) is 1.96. The van der Waals surface area contributed by atoms with Crippen molar-refractivity contribution in [3.8, 4) is 0 Å². The van der Waals surface area contributed by atoms with Crippen molar-refractivity contribution >= 4 is 5.95 Å². The molecule has 1 aromatic rings. The maximum Gasteiger partial charge on any atom is 0.349 e. The zero-order valence-electron chi connectivity index (χ0n) is 7.87. The first kappa shape index (κ1) is 9.70. The fraction of sp³-hybridized carbons (Fsp3) is 0.625. The first-order valence-corrected chi connectivity index (χ1v) is 4.34. The topological polar surface area (TPSA) is 84.7 Å².